The first-order valence-electron chi connectivity index (χ1n) is 47.1. The van der Waals surface area contributed by atoms with Crippen molar-refractivity contribution in [2.24, 2.45) is 0 Å². The Balaban J connectivity index is 4.57. The third kappa shape index (κ3) is 93.2. The number of aliphatic hydroxyl groups is 2. The van der Waals surface area contributed by atoms with Crippen molar-refractivity contribution in [2.75, 3.05) is 39.6 Å². The second-order valence-electron chi connectivity index (χ2n) is 31.0. The molecule has 0 rings (SSSR count). The average molecular weight is 1700 g/mol. The fourth-order valence-corrected chi connectivity index (χ4v) is 14.1. The number of esters is 3. The summed E-state index contributed by atoms with van der Waals surface area (Å²) in [5.74, 6) is -1.59. The molecule has 0 aromatic carbocycles. The minimum Gasteiger partial charge on any atom is -0.463 e. The van der Waals surface area contributed by atoms with Crippen LogP contribution in [0, 0.1) is 0 Å². The van der Waals surface area contributed by atoms with Crippen LogP contribution < -0.4 is 0 Å². The van der Waals surface area contributed by atoms with Crippen molar-refractivity contribution in [2.45, 2.75) is 399 Å². The number of ether oxygens (including phenoxy) is 3. The highest BCUT2D eigenvalue weighted by Crippen LogP contribution is 2.45. The Bertz CT molecular complexity index is 2890. The average Bonchev–Trinajstić information content (AvgIpc) is 0.912. The normalized spacial score (nSPS) is 14.6. The van der Waals surface area contributed by atoms with Crippen molar-refractivity contribution < 1.29 is 75.8 Å². The maximum Gasteiger partial charge on any atom is 0.472 e. The molecule has 18 heteroatoms. The summed E-state index contributed by atoms with van der Waals surface area (Å²) < 4.78 is 61.5. The number of phosphoric ester groups is 2. The number of hydrogen-bond donors (Lipinski definition) is 4. The fourth-order valence-electron chi connectivity index (χ4n) is 12.5. The molecule has 680 valence electrons. The number of aliphatic hydroxyl groups excluding tert-OH is 2. The van der Waals surface area contributed by atoms with E-state index in [9.17, 15) is 43.5 Å². The molecule has 16 nitrogen and oxygen atoms in total. The second kappa shape index (κ2) is 91.8. The Morgan fingerprint density at radius 1 is 0.244 bits per heavy atom. The lowest BCUT2D eigenvalue weighted by Gasteiger charge is -2.21. The topological polar surface area (TPSA) is 231 Å². The minimum absolute atomic E-state index is 0.0851. The van der Waals surface area contributed by atoms with Crippen molar-refractivity contribution in [3.05, 3.63) is 182 Å². The number of carbonyl (C=O) groups excluding carboxylic acids is 3. The maximum absolute atomic E-state index is 13.1. The van der Waals surface area contributed by atoms with Gasteiger partial charge >= 0.3 is 33.6 Å². The van der Waals surface area contributed by atoms with E-state index in [1.807, 2.05) is 0 Å². The Morgan fingerprint density at radius 2 is 0.445 bits per heavy atom. The number of carbonyl (C=O) groups is 3. The molecule has 0 aliphatic heterocycles. The highest BCUT2D eigenvalue weighted by atomic mass is 31.2. The molecule has 0 bridgehead atoms. The molecule has 0 aliphatic rings. The van der Waals surface area contributed by atoms with Gasteiger partial charge in [-0.25, -0.2) is 9.13 Å². The van der Waals surface area contributed by atoms with Crippen LogP contribution in [0.25, 0.3) is 0 Å². The Labute approximate surface area is 725 Å². The first-order valence-corrected chi connectivity index (χ1v) is 50.1. The summed E-state index contributed by atoms with van der Waals surface area (Å²) in [6, 6.07) is 0. The van der Waals surface area contributed by atoms with Gasteiger partial charge in [-0.2, -0.15) is 0 Å². The highest BCUT2D eigenvalue weighted by Gasteiger charge is 2.29. The lowest BCUT2D eigenvalue weighted by Crippen LogP contribution is -2.30. The SMILES string of the molecule is CC/C=C\C/C=C\C/C=C\C/C=C\C/C=C\C/C=C\CCCCCCCCCCCCCCCCCCC(=O)OCC(O)COP(=O)(O)OCC(O)COP(=O)(O)OCC(COC(=O)CCCCCCCCCCC/C=C\C/C=C\C/C=C\C/C=C\CCCCC)OC(=O)CCCCCCCCC/C=C\C/C=C\C/C=C\C/C=C\C/C=C\CC. The molecule has 4 N–H and O–H groups in total. The van der Waals surface area contributed by atoms with Crippen LogP contribution in [0.4, 0.5) is 0 Å². The lowest BCUT2D eigenvalue weighted by atomic mass is 10.0. The van der Waals surface area contributed by atoms with Gasteiger partial charge in [0.15, 0.2) is 6.10 Å². The van der Waals surface area contributed by atoms with Gasteiger partial charge in [0, 0.05) is 19.3 Å². The lowest BCUT2D eigenvalue weighted by molar-refractivity contribution is -0.161. The second-order valence-corrected chi connectivity index (χ2v) is 34.0. The summed E-state index contributed by atoms with van der Waals surface area (Å²) in [6.07, 6.45) is 121. The zero-order valence-corrected chi connectivity index (χ0v) is 76.8. The van der Waals surface area contributed by atoms with Crippen molar-refractivity contribution in [3.63, 3.8) is 0 Å². The highest BCUT2D eigenvalue weighted by molar-refractivity contribution is 7.47. The largest absolute Gasteiger partial charge is 0.472 e. The maximum atomic E-state index is 13.1. The van der Waals surface area contributed by atoms with E-state index in [4.69, 9.17) is 32.3 Å². The summed E-state index contributed by atoms with van der Waals surface area (Å²) in [6.45, 7) is 2.45. The molecule has 0 aliphatic carbocycles. The van der Waals surface area contributed by atoms with E-state index in [1.165, 1.54) is 135 Å². The molecule has 0 fully saturated rings. The van der Waals surface area contributed by atoms with Crippen molar-refractivity contribution in [1.82, 2.24) is 0 Å². The van der Waals surface area contributed by atoms with Gasteiger partial charge in [-0.3, -0.25) is 32.5 Å². The van der Waals surface area contributed by atoms with Gasteiger partial charge in [0.25, 0.3) is 0 Å². The van der Waals surface area contributed by atoms with E-state index in [2.05, 4.69) is 203 Å². The smallest absolute Gasteiger partial charge is 0.463 e. The van der Waals surface area contributed by atoms with E-state index in [-0.39, 0.29) is 19.3 Å². The first kappa shape index (κ1) is 114. The van der Waals surface area contributed by atoms with Gasteiger partial charge in [0.05, 0.1) is 26.4 Å². The summed E-state index contributed by atoms with van der Waals surface area (Å²) in [7, 11) is -9.82. The zero-order valence-electron chi connectivity index (χ0n) is 75.0. The third-order valence-corrected chi connectivity index (χ3v) is 21.5. The van der Waals surface area contributed by atoms with Crippen molar-refractivity contribution >= 4 is 33.6 Å². The molecule has 5 unspecified atom stereocenters. The van der Waals surface area contributed by atoms with Crippen LogP contribution in [0.1, 0.15) is 380 Å². The van der Waals surface area contributed by atoms with Gasteiger partial charge in [-0.1, -0.05) is 383 Å². The van der Waals surface area contributed by atoms with E-state index in [1.54, 1.807) is 0 Å². The van der Waals surface area contributed by atoms with Crippen molar-refractivity contribution in [3.8, 4) is 0 Å². The van der Waals surface area contributed by atoms with Crippen molar-refractivity contribution in [1.29, 1.82) is 0 Å². The van der Waals surface area contributed by atoms with Crippen LogP contribution in [-0.4, -0.2) is 95.9 Å². The number of phosphoric acid groups is 2. The molecule has 5 atom stereocenters. The molecule has 119 heavy (non-hydrogen) atoms. The standard InChI is InChI=1S/C101H170O16P2/c1-4-7-10-13-16-19-22-25-28-31-34-37-40-42-43-44-45-46-47-48-49-50-51-53-56-57-60-63-66-69-72-75-78-81-84-87-99(104)111-90-96(102)91-113-118(107,108)114-92-97(103)93-115-119(109,110)116-95-98(117-101(106)89-86-83-80-77-74-71-68-65-62-59-54-39-36-33-30-27-24-21-18-15-12-9-6-3)94-112-100(105)88-85-82-79-76-73-70-67-64-61-58-55-52-41-38-35-32-29-26-23-20-17-14-11-8-5-2/h7,9-10,12,16-21,25-30,34-39,42-43,45-46,52,55,59,62,96-98,102-103H,4-6,8,11,13-15,22-24,31-33,40-41,44,47-51,53-54,56-58,60-61,63-95H2,1-3H3,(H,107,108)(H,109,110)/b10-7-,12-9-,19-16-,20-17-,21-18-,28-25-,29-26-,30-27-,37-34-,38-35-,39-36-,43-42-,46-45-,55-52-,62-59-. The van der Waals surface area contributed by atoms with Crippen LogP contribution in [0.3, 0.4) is 0 Å². The monoisotopic (exact) mass is 1700 g/mol. The molecule has 0 aromatic heterocycles. The number of rotatable bonds is 88. The van der Waals surface area contributed by atoms with Crippen LogP contribution in [0.2, 0.25) is 0 Å². The predicted molar refractivity (Wildman–Crippen MR) is 500 cm³/mol. The molecule has 0 saturated carbocycles. The fraction of sp³-hybridized carbons (Fsp3) is 0.673. The summed E-state index contributed by atoms with van der Waals surface area (Å²) in [5, 5.41) is 20.8. The van der Waals surface area contributed by atoms with E-state index in [0.29, 0.717) is 19.3 Å². The van der Waals surface area contributed by atoms with E-state index < -0.39 is 91.5 Å². The first-order chi connectivity index (χ1) is 58.2. The Hall–Kier alpha value is -5.35. The van der Waals surface area contributed by atoms with E-state index >= 15 is 0 Å². The van der Waals surface area contributed by atoms with Gasteiger partial charge < -0.3 is 34.2 Å². The zero-order chi connectivity index (χ0) is 86.5. The van der Waals surface area contributed by atoms with Gasteiger partial charge in [0.1, 0.15) is 25.4 Å². The molecule has 0 aromatic rings. The van der Waals surface area contributed by atoms with Crippen LogP contribution in [0.15, 0.2) is 182 Å². The van der Waals surface area contributed by atoms with E-state index in [0.717, 1.165) is 186 Å². The van der Waals surface area contributed by atoms with Crippen LogP contribution in [-0.2, 0) is 55.8 Å². The number of hydrogen-bond acceptors (Lipinski definition) is 14. The van der Waals surface area contributed by atoms with Crippen LogP contribution in [0.5, 0.6) is 0 Å². The van der Waals surface area contributed by atoms with Gasteiger partial charge in [-0.05, 0) is 161 Å². The predicted octanol–water partition coefficient (Wildman–Crippen LogP) is 29.2. The molecule has 0 spiro atoms. The molecular formula is C101H170O16P2. The molecular weight excluding hydrogens is 1530 g/mol. The number of unbranched alkanes of at least 4 members (excludes halogenated alkanes) is 35. The van der Waals surface area contributed by atoms with Gasteiger partial charge in [0.2, 0.25) is 0 Å². The summed E-state index contributed by atoms with van der Waals surface area (Å²) in [5.41, 5.74) is 0. The summed E-state index contributed by atoms with van der Waals surface area (Å²) in [4.78, 5) is 59.0. The molecule has 0 amide bonds. The Kier molecular flexibility index (Phi) is 87.7. The third-order valence-electron chi connectivity index (χ3n) is 19.6. The number of allylic oxidation sites excluding steroid dienone is 30. The Morgan fingerprint density at radius 3 is 0.706 bits per heavy atom. The molecule has 0 heterocycles. The van der Waals surface area contributed by atoms with Gasteiger partial charge in [-0.15, -0.1) is 0 Å². The quantitative estimate of drug-likeness (QED) is 0.0146. The summed E-state index contributed by atoms with van der Waals surface area (Å²) >= 11 is 0. The van der Waals surface area contributed by atoms with Crippen LogP contribution >= 0.6 is 15.6 Å². The molecule has 0 saturated heterocycles. The molecule has 0 radical (unpaired) electrons. The minimum atomic E-state index is -4.95.